The van der Waals surface area contributed by atoms with E-state index in [-0.39, 0.29) is 0 Å². The lowest BCUT2D eigenvalue weighted by molar-refractivity contribution is 0.475. The molecule has 0 aromatic heterocycles. The highest BCUT2D eigenvalue weighted by molar-refractivity contribution is 5.25. The summed E-state index contributed by atoms with van der Waals surface area (Å²) in [6.07, 6.45) is 25.7. The van der Waals surface area contributed by atoms with Crippen molar-refractivity contribution in [3.63, 3.8) is 0 Å². The predicted octanol–water partition coefficient (Wildman–Crippen LogP) is 8.52. The summed E-state index contributed by atoms with van der Waals surface area (Å²) in [5.41, 5.74) is 1.24. The molecule has 0 saturated heterocycles. The Labute approximate surface area is 181 Å². The molecule has 0 saturated carbocycles. The molecule has 0 radical (unpaired) electrons. The maximum atomic E-state index is 9.28. The van der Waals surface area contributed by atoms with Crippen LogP contribution in [-0.4, -0.2) is 11.7 Å². The smallest absolute Gasteiger partial charge is 0.115 e. The average molecular weight is 404 g/mol. The third kappa shape index (κ3) is 17.5. The van der Waals surface area contributed by atoms with Crippen LogP contribution in [0.2, 0.25) is 0 Å². The SMILES string of the molecule is CCCCCCCCCCCCCCCCCCCCNCc1ccc(O)cc1. The van der Waals surface area contributed by atoms with Gasteiger partial charge in [0.05, 0.1) is 0 Å². The van der Waals surface area contributed by atoms with Gasteiger partial charge in [-0.1, -0.05) is 128 Å². The van der Waals surface area contributed by atoms with E-state index in [1.165, 1.54) is 121 Å². The molecule has 0 unspecified atom stereocenters. The average Bonchev–Trinajstić information content (AvgIpc) is 2.73. The van der Waals surface area contributed by atoms with Crippen molar-refractivity contribution in [1.29, 1.82) is 0 Å². The second kappa shape index (κ2) is 20.3. The first-order chi connectivity index (χ1) is 14.3. The number of hydrogen-bond acceptors (Lipinski definition) is 2. The molecule has 2 heteroatoms. The topological polar surface area (TPSA) is 32.3 Å². The molecule has 0 fully saturated rings. The maximum absolute atomic E-state index is 9.28. The molecule has 0 atom stereocenters. The van der Waals surface area contributed by atoms with Crippen LogP contribution in [0, 0.1) is 0 Å². The van der Waals surface area contributed by atoms with Crippen LogP contribution >= 0.6 is 0 Å². The summed E-state index contributed by atoms with van der Waals surface area (Å²) < 4.78 is 0. The Balaban J connectivity index is 1.69. The van der Waals surface area contributed by atoms with E-state index in [1.54, 1.807) is 12.1 Å². The van der Waals surface area contributed by atoms with E-state index < -0.39 is 0 Å². The molecule has 2 N–H and O–H groups in total. The molecule has 1 aromatic rings. The Kier molecular flexibility index (Phi) is 18.2. The van der Waals surface area contributed by atoms with Crippen LogP contribution in [0.3, 0.4) is 0 Å². The van der Waals surface area contributed by atoms with Crippen LogP contribution in [0.4, 0.5) is 0 Å². The lowest BCUT2D eigenvalue weighted by Gasteiger charge is -2.06. The van der Waals surface area contributed by atoms with Crippen LogP contribution in [-0.2, 0) is 6.54 Å². The highest BCUT2D eigenvalue weighted by Crippen LogP contribution is 2.14. The van der Waals surface area contributed by atoms with Crippen molar-refractivity contribution < 1.29 is 5.11 Å². The first-order valence-corrected chi connectivity index (χ1v) is 12.8. The minimum absolute atomic E-state index is 0.345. The van der Waals surface area contributed by atoms with E-state index in [0.29, 0.717) is 5.75 Å². The van der Waals surface area contributed by atoms with Gasteiger partial charge in [0.15, 0.2) is 0 Å². The van der Waals surface area contributed by atoms with Crippen LogP contribution in [0.5, 0.6) is 5.75 Å². The largest absolute Gasteiger partial charge is 0.508 e. The summed E-state index contributed by atoms with van der Waals surface area (Å²) >= 11 is 0. The van der Waals surface area contributed by atoms with Crippen LogP contribution in [0.1, 0.15) is 128 Å². The Morgan fingerprint density at radius 1 is 0.552 bits per heavy atom. The summed E-state index contributed by atoms with van der Waals surface area (Å²) in [5, 5.41) is 12.8. The minimum Gasteiger partial charge on any atom is -0.508 e. The molecule has 0 bridgehead atoms. The molecule has 0 aliphatic rings. The zero-order chi connectivity index (χ0) is 20.8. The van der Waals surface area contributed by atoms with Crippen molar-refractivity contribution in [1.82, 2.24) is 5.32 Å². The van der Waals surface area contributed by atoms with Crippen molar-refractivity contribution >= 4 is 0 Å². The fourth-order valence-electron chi connectivity index (χ4n) is 4.00. The van der Waals surface area contributed by atoms with Gasteiger partial charge in [0.25, 0.3) is 0 Å². The van der Waals surface area contributed by atoms with E-state index >= 15 is 0 Å². The van der Waals surface area contributed by atoms with Gasteiger partial charge in [0.1, 0.15) is 5.75 Å². The molecule has 1 aromatic carbocycles. The molecule has 0 aliphatic carbocycles. The maximum Gasteiger partial charge on any atom is 0.115 e. The summed E-state index contributed by atoms with van der Waals surface area (Å²) in [4.78, 5) is 0. The van der Waals surface area contributed by atoms with Gasteiger partial charge in [-0.25, -0.2) is 0 Å². The highest BCUT2D eigenvalue weighted by atomic mass is 16.3. The molecule has 0 amide bonds. The van der Waals surface area contributed by atoms with E-state index in [0.717, 1.165) is 13.1 Å². The first-order valence-electron chi connectivity index (χ1n) is 12.8. The molecular weight excluding hydrogens is 354 g/mol. The van der Waals surface area contributed by atoms with Crippen LogP contribution in [0.15, 0.2) is 24.3 Å². The predicted molar refractivity (Wildman–Crippen MR) is 129 cm³/mol. The van der Waals surface area contributed by atoms with Gasteiger partial charge in [-0.3, -0.25) is 0 Å². The normalized spacial score (nSPS) is 11.2. The van der Waals surface area contributed by atoms with E-state index in [9.17, 15) is 5.11 Å². The molecular formula is C27H49NO. The number of unbranched alkanes of at least 4 members (excludes halogenated alkanes) is 17. The fraction of sp³-hybridized carbons (Fsp3) is 0.778. The number of benzene rings is 1. The molecule has 0 aliphatic heterocycles. The fourth-order valence-corrected chi connectivity index (χ4v) is 4.00. The van der Waals surface area contributed by atoms with Crippen molar-refractivity contribution in [3.8, 4) is 5.75 Å². The quantitative estimate of drug-likeness (QED) is 0.202. The van der Waals surface area contributed by atoms with Crippen molar-refractivity contribution in [2.75, 3.05) is 6.54 Å². The number of phenolic OH excluding ortho intramolecular Hbond substituents is 1. The van der Waals surface area contributed by atoms with Gasteiger partial charge < -0.3 is 10.4 Å². The number of phenols is 1. The van der Waals surface area contributed by atoms with Gasteiger partial charge in [-0.2, -0.15) is 0 Å². The Morgan fingerprint density at radius 2 is 0.931 bits per heavy atom. The molecule has 2 nitrogen and oxygen atoms in total. The zero-order valence-corrected chi connectivity index (χ0v) is 19.4. The molecule has 29 heavy (non-hydrogen) atoms. The molecule has 1 rings (SSSR count). The van der Waals surface area contributed by atoms with Crippen molar-refractivity contribution in [3.05, 3.63) is 29.8 Å². The monoisotopic (exact) mass is 403 g/mol. The van der Waals surface area contributed by atoms with E-state index in [1.807, 2.05) is 12.1 Å². The Bertz CT molecular complexity index is 442. The Hall–Kier alpha value is -1.02. The number of rotatable bonds is 21. The minimum atomic E-state index is 0.345. The number of hydrogen-bond donors (Lipinski definition) is 2. The van der Waals surface area contributed by atoms with E-state index in [2.05, 4.69) is 12.2 Å². The molecule has 0 heterocycles. The van der Waals surface area contributed by atoms with Crippen molar-refractivity contribution in [2.24, 2.45) is 0 Å². The van der Waals surface area contributed by atoms with Crippen molar-refractivity contribution in [2.45, 2.75) is 129 Å². The van der Waals surface area contributed by atoms with Crippen LogP contribution in [0.25, 0.3) is 0 Å². The summed E-state index contributed by atoms with van der Waals surface area (Å²) in [7, 11) is 0. The van der Waals surface area contributed by atoms with Gasteiger partial charge in [-0.05, 0) is 30.7 Å². The summed E-state index contributed by atoms with van der Waals surface area (Å²) in [5.74, 6) is 0.345. The zero-order valence-electron chi connectivity index (χ0n) is 19.4. The molecule has 0 spiro atoms. The summed E-state index contributed by atoms with van der Waals surface area (Å²) in [6, 6.07) is 7.48. The van der Waals surface area contributed by atoms with Gasteiger partial charge in [0, 0.05) is 6.54 Å². The third-order valence-electron chi connectivity index (χ3n) is 5.97. The lowest BCUT2D eigenvalue weighted by Crippen LogP contribution is -2.14. The molecule has 168 valence electrons. The van der Waals surface area contributed by atoms with Gasteiger partial charge in [-0.15, -0.1) is 0 Å². The van der Waals surface area contributed by atoms with Gasteiger partial charge >= 0.3 is 0 Å². The first kappa shape index (κ1) is 26.0. The number of aromatic hydroxyl groups is 1. The highest BCUT2D eigenvalue weighted by Gasteiger charge is 1.96. The van der Waals surface area contributed by atoms with E-state index in [4.69, 9.17) is 0 Å². The lowest BCUT2D eigenvalue weighted by atomic mass is 10.0. The number of nitrogens with one attached hydrogen (secondary N) is 1. The summed E-state index contributed by atoms with van der Waals surface area (Å²) in [6.45, 7) is 4.29. The second-order valence-electron chi connectivity index (χ2n) is 8.85. The van der Waals surface area contributed by atoms with Gasteiger partial charge in [0.2, 0.25) is 0 Å². The van der Waals surface area contributed by atoms with Crippen LogP contribution < -0.4 is 5.32 Å². The standard InChI is InChI=1S/C27H49NO/c1-2-3-4-5-6-7-8-9-10-11-12-13-14-15-16-17-18-19-24-28-25-26-20-22-27(29)23-21-26/h20-23,28-29H,2-19,24-25H2,1H3. The Morgan fingerprint density at radius 3 is 1.34 bits per heavy atom. The third-order valence-corrected chi connectivity index (χ3v) is 5.97. The second-order valence-corrected chi connectivity index (χ2v) is 8.85.